The lowest BCUT2D eigenvalue weighted by Crippen LogP contribution is -2.24. The predicted molar refractivity (Wildman–Crippen MR) is 95.3 cm³/mol. The maximum absolute atomic E-state index is 6.13. The van der Waals surface area contributed by atoms with Gasteiger partial charge in [-0.3, -0.25) is 0 Å². The number of halogens is 3. The van der Waals surface area contributed by atoms with Crippen LogP contribution in [0.5, 0.6) is 0 Å². The van der Waals surface area contributed by atoms with Gasteiger partial charge in [0.1, 0.15) is 0 Å². The summed E-state index contributed by atoms with van der Waals surface area (Å²) in [5, 5.41) is 4.93. The van der Waals surface area contributed by atoms with Crippen molar-refractivity contribution in [3.63, 3.8) is 0 Å². The normalized spacial score (nSPS) is 12.4. The molecule has 0 saturated heterocycles. The van der Waals surface area contributed by atoms with Crippen LogP contribution in [0.3, 0.4) is 0 Å². The molecule has 112 valence electrons. The van der Waals surface area contributed by atoms with Gasteiger partial charge in [-0.15, -0.1) is 0 Å². The molecule has 2 rings (SSSR count). The van der Waals surface area contributed by atoms with Gasteiger partial charge in [0.15, 0.2) is 0 Å². The van der Waals surface area contributed by atoms with Crippen molar-refractivity contribution in [3.8, 4) is 0 Å². The van der Waals surface area contributed by atoms with Crippen LogP contribution in [-0.2, 0) is 6.42 Å². The summed E-state index contributed by atoms with van der Waals surface area (Å²) < 4.78 is 1.09. The molecule has 1 atom stereocenters. The lowest BCUT2D eigenvalue weighted by molar-refractivity contribution is 0.529. The molecule has 0 aliphatic heterocycles. The second-order valence-electron chi connectivity index (χ2n) is 5.04. The third kappa shape index (κ3) is 5.30. The van der Waals surface area contributed by atoms with Gasteiger partial charge >= 0.3 is 0 Å². The first-order chi connectivity index (χ1) is 10.1. The Morgan fingerprint density at radius 3 is 2.24 bits per heavy atom. The van der Waals surface area contributed by atoms with E-state index in [9.17, 15) is 0 Å². The van der Waals surface area contributed by atoms with E-state index in [1.165, 1.54) is 5.56 Å². The van der Waals surface area contributed by atoms with Gasteiger partial charge < -0.3 is 5.32 Å². The van der Waals surface area contributed by atoms with E-state index in [-0.39, 0.29) is 6.04 Å². The number of nitrogens with one attached hydrogen (secondary N) is 1. The minimum absolute atomic E-state index is 0.210. The fourth-order valence-corrected chi connectivity index (χ4v) is 3.07. The molecule has 0 spiro atoms. The molecule has 0 aromatic heterocycles. The number of rotatable bonds is 6. The van der Waals surface area contributed by atoms with Gasteiger partial charge in [0.2, 0.25) is 0 Å². The molecular formula is C17H18BrCl2N. The first kappa shape index (κ1) is 16.8. The first-order valence-corrected chi connectivity index (χ1v) is 8.57. The average molecular weight is 387 g/mol. The molecule has 0 bridgehead atoms. The van der Waals surface area contributed by atoms with Gasteiger partial charge in [-0.25, -0.2) is 0 Å². The summed E-state index contributed by atoms with van der Waals surface area (Å²) >= 11 is 15.7. The van der Waals surface area contributed by atoms with Crippen LogP contribution in [-0.4, -0.2) is 6.54 Å². The molecule has 0 fully saturated rings. The molecule has 4 heteroatoms. The van der Waals surface area contributed by atoms with Crippen LogP contribution in [0.15, 0.2) is 46.9 Å². The second kappa shape index (κ2) is 8.19. The Morgan fingerprint density at radius 2 is 1.67 bits per heavy atom. The molecule has 0 saturated carbocycles. The third-order valence-electron chi connectivity index (χ3n) is 3.28. The highest BCUT2D eigenvalue weighted by molar-refractivity contribution is 9.10. The zero-order chi connectivity index (χ0) is 15.2. The molecular weight excluding hydrogens is 369 g/mol. The monoisotopic (exact) mass is 385 g/mol. The Hall–Kier alpha value is -0.540. The molecule has 0 aliphatic carbocycles. The van der Waals surface area contributed by atoms with E-state index in [0.29, 0.717) is 10.0 Å². The largest absolute Gasteiger partial charge is 0.310 e. The minimum atomic E-state index is 0.210. The van der Waals surface area contributed by atoms with E-state index in [1.807, 2.05) is 12.1 Å². The van der Waals surface area contributed by atoms with Crippen molar-refractivity contribution in [2.45, 2.75) is 25.8 Å². The van der Waals surface area contributed by atoms with E-state index in [4.69, 9.17) is 23.2 Å². The molecule has 0 amide bonds. The molecule has 1 unspecified atom stereocenters. The molecule has 0 radical (unpaired) electrons. The van der Waals surface area contributed by atoms with Crippen LogP contribution in [0, 0.1) is 0 Å². The van der Waals surface area contributed by atoms with Crippen molar-refractivity contribution in [2.24, 2.45) is 0 Å². The van der Waals surface area contributed by atoms with Crippen LogP contribution in [0.4, 0.5) is 0 Å². The Bertz CT molecular complexity index is 564. The zero-order valence-electron chi connectivity index (χ0n) is 11.9. The van der Waals surface area contributed by atoms with Crippen LogP contribution in [0.25, 0.3) is 0 Å². The summed E-state index contributed by atoms with van der Waals surface area (Å²) in [5.74, 6) is 0. The number of hydrogen-bond acceptors (Lipinski definition) is 1. The van der Waals surface area contributed by atoms with Gasteiger partial charge in [0.25, 0.3) is 0 Å². The van der Waals surface area contributed by atoms with Crippen molar-refractivity contribution < 1.29 is 0 Å². The Labute approximate surface area is 144 Å². The van der Waals surface area contributed by atoms with Crippen molar-refractivity contribution in [1.29, 1.82) is 0 Å². The fraction of sp³-hybridized carbons (Fsp3) is 0.294. The molecule has 2 aromatic carbocycles. The lowest BCUT2D eigenvalue weighted by atomic mass is 9.98. The van der Waals surface area contributed by atoms with Gasteiger partial charge in [0, 0.05) is 20.6 Å². The topological polar surface area (TPSA) is 12.0 Å². The van der Waals surface area contributed by atoms with Gasteiger partial charge in [0.05, 0.1) is 0 Å². The maximum atomic E-state index is 6.13. The highest BCUT2D eigenvalue weighted by Crippen LogP contribution is 2.26. The van der Waals surface area contributed by atoms with Gasteiger partial charge in [-0.2, -0.15) is 0 Å². The summed E-state index contributed by atoms with van der Waals surface area (Å²) in [6.45, 7) is 3.12. The molecule has 2 aromatic rings. The molecule has 0 heterocycles. The molecule has 0 aliphatic rings. The summed E-state index contributed by atoms with van der Waals surface area (Å²) in [4.78, 5) is 0. The first-order valence-electron chi connectivity index (χ1n) is 7.02. The summed E-state index contributed by atoms with van der Waals surface area (Å²) in [6.07, 6.45) is 2.00. The van der Waals surface area contributed by atoms with E-state index in [2.05, 4.69) is 52.4 Å². The van der Waals surface area contributed by atoms with Crippen LogP contribution in [0.1, 0.15) is 30.5 Å². The quantitative estimate of drug-likeness (QED) is 0.638. The van der Waals surface area contributed by atoms with Gasteiger partial charge in [-0.05, 0) is 60.8 Å². The Kier molecular flexibility index (Phi) is 6.56. The van der Waals surface area contributed by atoms with Crippen molar-refractivity contribution in [3.05, 3.63) is 68.1 Å². The number of hydrogen-bond donors (Lipinski definition) is 1. The maximum Gasteiger partial charge on any atom is 0.0424 e. The van der Waals surface area contributed by atoms with E-state index in [0.717, 1.165) is 29.4 Å². The van der Waals surface area contributed by atoms with Crippen molar-refractivity contribution in [1.82, 2.24) is 5.32 Å². The Morgan fingerprint density at radius 1 is 1.05 bits per heavy atom. The SMILES string of the molecule is CCCNC(Cc1ccc(Br)cc1)c1cc(Cl)cc(Cl)c1. The molecule has 21 heavy (non-hydrogen) atoms. The second-order valence-corrected chi connectivity index (χ2v) is 6.83. The Balaban J connectivity index is 2.22. The third-order valence-corrected chi connectivity index (χ3v) is 4.25. The summed E-state index contributed by atoms with van der Waals surface area (Å²) in [5.41, 5.74) is 2.41. The molecule has 1 N–H and O–H groups in total. The van der Waals surface area contributed by atoms with Crippen molar-refractivity contribution >= 4 is 39.1 Å². The number of benzene rings is 2. The highest BCUT2D eigenvalue weighted by atomic mass is 79.9. The summed E-state index contributed by atoms with van der Waals surface area (Å²) in [6, 6.07) is 14.4. The van der Waals surface area contributed by atoms with E-state index in [1.54, 1.807) is 6.07 Å². The smallest absolute Gasteiger partial charge is 0.0424 e. The lowest BCUT2D eigenvalue weighted by Gasteiger charge is -2.20. The minimum Gasteiger partial charge on any atom is -0.310 e. The van der Waals surface area contributed by atoms with Crippen LogP contribution < -0.4 is 5.32 Å². The van der Waals surface area contributed by atoms with E-state index >= 15 is 0 Å². The zero-order valence-corrected chi connectivity index (χ0v) is 15.0. The van der Waals surface area contributed by atoms with Gasteiger partial charge in [-0.1, -0.05) is 58.2 Å². The van der Waals surface area contributed by atoms with E-state index < -0.39 is 0 Å². The standard InChI is InChI=1S/C17H18BrCl2N/c1-2-7-21-17(8-12-3-5-14(18)6-4-12)13-9-15(19)11-16(20)10-13/h3-6,9-11,17,21H,2,7-8H2,1H3. The fourth-order valence-electron chi connectivity index (χ4n) is 2.26. The molecule has 1 nitrogen and oxygen atoms in total. The highest BCUT2D eigenvalue weighted by Gasteiger charge is 2.13. The predicted octanol–water partition coefficient (Wildman–Crippen LogP) is 6.04. The average Bonchev–Trinajstić information content (AvgIpc) is 2.44. The van der Waals surface area contributed by atoms with Crippen LogP contribution in [0.2, 0.25) is 10.0 Å². The van der Waals surface area contributed by atoms with Crippen molar-refractivity contribution in [2.75, 3.05) is 6.54 Å². The van der Waals surface area contributed by atoms with Crippen LogP contribution >= 0.6 is 39.1 Å². The summed E-state index contributed by atoms with van der Waals surface area (Å²) in [7, 11) is 0.